The van der Waals surface area contributed by atoms with Crippen molar-refractivity contribution >= 4 is 40.0 Å². The third-order valence-corrected chi connectivity index (χ3v) is 4.75. The molecule has 1 aromatic heterocycles. The second-order valence-corrected chi connectivity index (χ2v) is 6.34. The summed E-state index contributed by atoms with van der Waals surface area (Å²) < 4.78 is 0. The fraction of sp³-hybridized carbons (Fsp3) is 0.118. The number of nitrogen functional groups attached to an aromatic ring is 1. The predicted molar refractivity (Wildman–Crippen MR) is 91.9 cm³/mol. The van der Waals surface area contributed by atoms with Crippen LogP contribution in [0.4, 0.5) is 5.69 Å². The van der Waals surface area contributed by atoms with Crippen molar-refractivity contribution in [3.8, 4) is 0 Å². The second kappa shape index (κ2) is 5.96. The third-order valence-electron chi connectivity index (χ3n) is 3.30. The number of para-hydroxylation sites is 1. The molecule has 0 aliphatic heterocycles. The zero-order chi connectivity index (χ0) is 14.8. The summed E-state index contributed by atoms with van der Waals surface area (Å²) in [5, 5.41) is 1.67. The van der Waals surface area contributed by atoms with Gasteiger partial charge in [-0.3, -0.25) is 0 Å². The minimum atomic E-state index is 0.562. The molecule has 0 bridgehead atoms. The fourth-order valence-electron chi connectivity index (χ4n) is 2.16. The van der Waals surface area contributed by atoms with Crippen LogP contribution >= 0.6 is 23.4 Å². The molecule has 0 aliphatic rings. The monoisotopic (exact) mass is 314 g/mol. The number of anilines is 1. The molecule has 106 valence electrons. The number of aryl methyl sites for hydroxylation is 1. The molecule has 1 heterocycles. The first-order valence-corrected chi connectivity index (χ1v) is 8.03. The zero-order valence-electron chi connectivity index (χ0n) is 11.6. The van der Waals surface area contributed by atoms with Crippen LogP contribution in [0.1, 0.15) is 11.1 Å². The molecule has 4 heteroatoms. The predicted octanol–water partition coefficient (Wildman–Crippen LogP) is 5.07. The van der Waals surface area contributed by atoms with E-state index in [0.717, 1.165) is 32.8 Å². The standard InChI is InChI=1S/C17H15ClN2S/c1-11-6-7-14(19)16(8-11)21-10-13-9-12-4-2-3-5-15(12)20-17(13)18/h2-9H,10,19H2,1H3. The summed E-state index contributed by atoms with van der Waals surface area (Å²) in [5.41, 5.74) is 9.97. The molecule has 2 nitrogen and oxygen atoms in total. The van der Waals surface area contributed by atoms with E-state index < -0.39 is 0 Å². The average Bonchev–Trinajstić information content (AvgIpc) is 2.48. The Morgan fingerprint density at radius 3 is 2.81 bits per heavy atom. The van der Waals surface area contributed by atoms with E-state index in [4.69, 9.17) is 17.3 Å². The molecule has 3 aromatic rings. The summed E-state index contributed by atoms with van der Waals surface area (Å²) in [6.07, 6.45) is 0. The molecule has 2 N–H and O–H groups in total. The summed E-state index contributed by atoms with van der Waals surface area (Å²) in [7, 11) is 0. The van der Waals surface area contributed by atoms with E-state index in [9.17, 15) is 0 Å². The zero-order valence-corrected chi connectivity index (χ0v) is 13.2. The van der Waals surface area contributed by atoms with E-state index in [1.807, 2.05) is 36.4 Å². The third kappa shape index (κ3) is 3.14. The van der Waals surface area contributed by atoms with E-state index in [-0.39, 0.29) is 0 Å². The number of pyridine rings is 1. The highest BCUT2D eigenvalue weighted by molar-refractivity contribution is 7.98. The Hall–Kier alpha value is -1.71. The van der Waals surface area contributed by atoms with Crippen molar-refractivity contribution in [2.45, 2.75) is 17.6 Å². The van der Waals surface area contributed by atoms with E-state index in [1.54, 1.807) is 11.8 Å². The van der Waals surface area contributed by atoms with Gasteiger partial charge in [0.05, 0.1) is 5.52 Å². The number of hydrogen-bond acceptors (Lipinski definition) is 3. The number of halogens is 1. The van der Waals surface area contributed by atoms with Gasteiger partial charge in [-0.1, -0.05) is 35.9 Å². The Morgan fingerprint density at radius 2 is 1.95 bits per heavy atom. The van der Waals surface area contributed by atoms with Gasteiger partial charge in [0.25, 0.3) is 0 Å². The fourth-order valence-corrected chi connectivity index (χ4v) is 3.49. The molecule has 0 aliphatic carbocycles. The molecule has 0 unspecified atom stereocenters. The first-order chi connectivity index (χ1) is 10.1. The van der Waals surface area contributed by atoms with E-state index in [1.165, 1.54) is 5.56 Å². The molecule has 0 atom stereocenters. The summed E-state index contributed by atoms with van der Waals surface area (Å²) in [6, 6.07) is 16.2. The maximum Gasteiger partial charge on any atom is 0.133 e. The maximum absolute atomic E-state index is 6.28. The van der Waals surface area contributed by atoms with Gasteiger partial charge in [0.15, 0.2) is 0 Å². The van der Waals surface area contributed by atoms with Crippen molar-refractivity contribution in [3.05, 3.63) is 64.8 Å². The molecule has 0 saturated heterocycles. The molecule has 0 fully saturated rings. The highest BCUT2D eigenvalue weighted by Gasteiger charge is 2.07. The number of benzene rings is 2. The molecule has 0 radical (unpaired) electrons. The largest absolute Gasteiger partial charge is 0.398 e. The smallest absolute Gasteiger partial charge is 0.133 e. The van der Waals surface area contributed by atoms with Crippen molar-refractivity contribution in [2.75, 3.05) is 5.73 Å². The van der Waals surface area contributed by atoms with Crippen molar-refractivity contribution in [1.82, 2.24) is 4.98 Å². The SMILES string of the molecule is Cc1ccc(N)c(SCc2cc3ccccc3nc2Cl)c1. The molecule has 3 rings (SSSR count). The molecule has 0 saturated carbocycles. The van der Waals surface area contributed by atoms with Crippen LogP contribution in [0.2, 0.25) is 5.15 Å². The second-order valence-electron chi connectivity index (χ2n) is 4.96. The van der Waals surface area contributed by atoms with Gasteiger partial charge >= 0.3 is 0 Å². The van der Waals surface area contributed by atoms with Gasteiger partial charge in [-0.2, -0.15) is 0 Å². The van der Waals surface area contributed by atoms with E-state index >= 15 is 0 Å². The van der Waals surface area contributed by atoms with Crippen LogP contribution in [0, 0.1) is 6.92 Å². The van der Waals surface area contributed by atoms with Crippen LogP contribution in [0.15, 0.2) is 53.4 Å². The van der Waals surface area contributed by atoms with Gasteiger partial charge in [0, 0.05) is 27.3 Å². The lowest BCUT2D eigenvalue weighted by atomic mass is 10.2. The molecular weight excluding hydrogens is 300 g/mol. The lowest BCUT2D eigenvalue weighted by Crippen LogP contribution is -1.92. The number of aromatic nitrogens is 1. The molecule has 21 heavy (non-hydrogen) atoms. The molecule has 2 aromatic carbocycles. The minimum absolute atomic E-state index is 0.562. The molecular formula is C17H15ClN2S. The number of thioether (sulfide) groups is 1. The van der Waals surface area contributed by atoms with Crippen molar-refractivity contribution in [3.63, 3.8) is 0 Å². The Labute approximate surface area is 133 Å². The number of rotatable bonds is 3. The van der Waals surface area contributed by atoms with Crippen LogP contribution in [0.25, 0.3) is 10.9 Å². The minimum Gasteiger partial charge on any atom is -0.398 e. The maximum atomic E-state index is 6.28. The summed E-state index contributed by atoms with van der Waals surface area (Å²) in [5.74, 6) is 0.754. The number of hydrogen-bond donors (Lipinski definition) is 1. The van der Waals surface area contributed by atoms with E-state index in [0.29, 0.717) is 5.15 Å². The topological polar surface area (TPSA) is 38.9 Å². The van der Waals surface area contributed by atoms with Crippen LogP contribution < -0.4 is 5.73 Å². The Kier molecular flexibility index (Phi) is 4.04. The van der Waals surface area contributed by atoms with Gasteiger partial charge in [0.1, 0.15) is 5.15 Å². The average molecular weight is 315 g/mol. The number of nitrogens with zero attached hydrogens (tertiary/aromatic N) is 1. The summed E-state index contributed by atoms with van der Waals surface area (Å²) in [4.78, 5) is 5.53. The van der Waals surface area contributed by atoms with Gasteiger partial charge in [-0.25, -0.2) is 4.98 Å². The molecule has 0 amide bonds. The van der Waals surface area contributed by atoms with Gasteiger partial charge in [-0.15, -0.1) is 11.8 Å². The Morgan fingerprint density at radius 1 is 1.14 bits per heavy atom. The van der Waals surface area contributed by atoms with Gasteiger partial charge < -0.3 is 5.73 Å². The summed E-state index contributed by atoms with van der Waals surface area (Å²) in [6.45, 7) is 2.06. The highest BCUT2D eigenvalue weighted by Crippen LogP contribution is 2.31. The lowest BCUT2D eigenvalue weighted by Gasteiger charge is -2.08. The van der Waals surface area contributed by atoms with Crippen LogP contribution in [0.5, 0.6) is 0 Å². The van der Waals surface area contributed by atoms with Crippen LogP contribution in [-0.2, 0) is 5.75 Å². The van der Waals surface area contributed by atoms with Crippen molar-refractivity contribution in [2.24, 2.45) is 0 Å². The summed E-state index contributed by atoms with van der Waals surface area (Å²) >= 11 is 7.97. The Balaban J connectivity index is 1.88. The van der Waals surface area contributed by atoms with Crippen LogP contribution in [-0.4, -0.2) is 4.98 Å². The molecule has 0 spiro atoms. The number of fused-ring (bicyclic) bond motifs is 1. The van der Waals surface area contributed by atoms with E-state index in [2.05, 4.69) is 24.0 Å². The van der Waals surface area contributed by atoms with Crippen LogP contribution in [0.3, 0.4) is 0 Å². The first kappa shape index (κ1) is 14.2. The Bertz CT molecular complexity index is 802. The normalized spacial score (nSPS) is 11.0. The first-order valence-electron chi connectivity index (χ1n) is 6.66. The van der Waals surface area contributed by atoms with Crippen molar-refractivity contribution < 1.29 is 0 Å². The number of nitrogens with two attached hydrogens (primary N) is 1. The highest BCUT2D eigenvalue weighted by atomic mass is 35.5. The van der Waals surface area contributed by atoms with Gasteiger partial charge in [0.2, 0.25) is 0 Å². The van der Waals surface area contributed by atoms with Crippen molar-refractivity contribution in [1.29, 1.82) is 0 Å². The quantitative estimate of drug-likeness (QED) is 0.416. The lowest BCUT2D eigenvalue weighted by molar-refractivity contribution is 1.29. The van der Waals surface area contributed by atoms with Gasteiger partial charge in [-0.05, 0) is 36.8 Å².